The molecule has 0 radical (unpaired) electrons. The normalized spacial score (nSPS) is 33.7. The van der Waals surface area contributed by atoms with E-state index in [-0.39, 0.29) is 22.8 Å². The molecule has 3 fully saturated rings. The number of allylic oxidation sites excluding steroid dienone is 4. The Morgan fingerprint density at radius 1 is 1.21 bits per heavy atom. The van der Waals surface area contributed by atoms with E-state index in [9.17, 15) is 24.9 Å². The molecule has 0 aromatic heterocycles. The summed E-state index contributed by atoms with van der Waals surface area (Å²) < 4.78 is 5.16. The first kappa shape index (κ1) is 20.9. The van der Waals surface area contributed by atoms with Gasteiger partial charge in [0.15, 0.2) is 23.1 Å². The summed E-state index contributed by atoms with van der Waals surface area (Å²) in [5.41, 5.74) is -2.57. The fraction of sp³-hybridized carbons (Fsp3) is 0.391. The van der Waals surface area contributed by atoms with Gasteiger partial charge in [-0.05, 0) is 51.0 Å². The predicted octanol–water partition coefficient (Wildman–Crippen LogP) is 3.36. The van der Waals surface area contributed by atoms with Crippen LogP contribution in [0.2, 0.25) is 0 Å². The van der Waals surface area contributed by atoms with Crippen LogP contribution in [0.4, 0.5) is 0 Å². The molecule has 3 aliphatic rings. The monoisotopic (exact) mass is 398 g/mol. The molecule has 0 saturated heterocycles. The van der Waals surface area contributed by atoms with E-state index in [1.165, 1.54) is 33.1 Å². The Balaban J connectivity index is 2.16. The van der Waals surface area contributed by atoms with Gasteiger partial charge in [0, 0.05) is 17.4 Å². The van der Waals surface area contributed by atoms with E-state index in [4.69, 9.17) is 4.74 Å². The van der Waals surface area contributed by atoms with E-state index in [1.807, 2.05) is 6.92 Å². The summed E-state index contributed by atoms with van der Waals surface area (Å²) in [7, 11) is 1.42. The van der Waals surface area contributed by atoms with Crippen molar-refractivity contribution in [2.24, 2.45) is 11.3 Å². The van der Waals surface area contributed by atoms with Crippen LogP contribution in [-0.2, 0) is 9.59 Å². The first-order chi connectivity index (χ1) is 13.6. The Hall–Kier alpha value is -2.86. The molecule has 3 saturated carbocycles. The van der Waals surface area contributed by atoms with Crippen molar-refractivity contribution in [1.82, 2.24) is 0 Å². The number of hydrogen-bond donors (Lipinski definition) is 3. The van der Waals surface area contributed by atoms with Gasteiger partial charge in [0.2, 0.25) is 0 Å². The summed E-state index contributed by atoms with van der Waals surface area (Å²) in [6.07, 6.45) is 6.78. The number of carbonyl (C=O) groups is 2. The SMILES string of the molecule is C/C=C/C=C/C(O)=C1/C(=O)[C@]2(C)C(=O)[C@@](C)(O)[C@H]1C[C@@H]2c1ccc(O)c(OC)c1. The zero-order valence-corrected chi connectivity index (χ0v) is 17.0. The van der Waals surface area contributed by atoms with E-state index >= 15 is 0 Å². The molecule has 0 unspecified atom stereocenters. The molecule has 4 rings (SSSR count). The van der Waals surface area contributed by atoms with Crippen LogP contribution in [0.5, 0.6) is 11.5 Å². The molecule has 0 spiro atoms. The number of aromatic hydroxyl groups is 1. The van der Waals surface area contributed by atoms with Crippen molar-refractivity contribution in [3.63, 3.8) is 0 Å². The molecule has 1 aromatic rings. The Kier molecular flexibility index (Phi) is 5.17. The van der Waals surface area contributed by atoms with Gasteiger partial charge >= 0.3 is 0 Å². The van der Waals surface area contributed by atoms with Crippen molar-refractivity contribution in [1.29, 1.82) is 0 Å². The maximum atomic E-state index is 13.4. The molecule has 6 nitrogen and oxygen atoms in total. The standard InChI is InChI=1S/C23H26O6/c1-5-6-7-8-17(25)19-15-12-14(13-9-10-16(24)18(11-13)29-4)22(2,20(19)26)21(27)23(15,3)28/h5-11,14-15,24-25,28H,12H2,1-4H3/b6-5+,8-7+,19-17-/t14-,15+,22-,23+/m1/s1. The number of phenols is 1. The fourth-order valence-corrected chi connectivity index (χ4v) is 4.66. The van der Waals surface area contributed by atoms with Crippen molar-refractivity contribution in [2.45, 2.75) is 38.7 Å². The van der Waals surface area contributed by atoms with Crippen molar-refractivity contribution in [3.8, 4) is 11.5 Å². The highest BCUT2D eigenvalue weighted by Gasteiger charge is 2.68. The predicted molar refractivity (Wildman–Crippen MR) is 108 cm³/mol. The molecule has 0 heterocycles. The minimum Gasteiger partial charge on any atom is -0.508 e. The number of aliphatic hydroxyl groups is 2. The fourth-order valence-electron chi connectivity index (χ4n) is 4.66. The number of hydrogen-bond acceptors (Lipinski definition) is 6. The maximum Gasteiger partial charge on any atom is 0.178 e. The molecule has 154 valence electrons. The van der Waals surface area contributed by atoms with E-state index in [0.29, 0.717) is 12.0 Å². The zero-order chi connectivity index (χ0) is 21.6. The Bertz CT molecular complexity index is 952. The Labute approximate surface area is 169 Å². The lowest BCUT2D eigenvalue weighted by Gasteiger charge is -2.55. The highest BCUT2D eigenvalue weighted by Crippen LogP contribution is 2.60. The van der Waals surface area contributed by atoms with Gasteiger partial charge in [-0.2, -0.15) is 0 Å². The molecule has 3 N–H and O–H groups in total. The van der Waals surface area contributed by atoms with Crippen molar-refractivity contribution < 1.29 is 29.6 Å². The Morgan fingerprint density at radius 2 is 1.90 bits per heavy atom. The van der Waals surface area contributed by atoms with Crippen LogP contribution < -0.4 is 4.74 Å². The summed E-state index contributed by atoms with van der Waals surface area (Å²) in [4.78, 5) is 26.6. The van der Waals surface area contributed by atoms with Crippen LogP contribution in [0.1, 0.15) is 38.7 Å². The first-order valence-electron chi connectivity index (χ1n) is 9.52. The highest BCUT2D eigenvalue weighted by molar-refractivity contribution is 6.21. The molecular weight excluding hydrogens is 372 g/mol. The molecule has 4 atom stereocenters. The van der Waals surface area contributed by atoms with Gasteiger partial charge in [-0.15, -0.1) is 0 Å². The van der Waals surface area contributed by atoms with Crippen LogP contribution in [0.3, 0.4) is 0 Å². The van der Waals surface area contributed by atoms with Crippen LogP contribution >= 0.6 is 0 Å². The molecular formula is C23H26O6. The molecule has 6 heteroatoms. The van der Waals surface area contributed by atoms with Gasteiger partial charge in [-0.1, -0.05) is 24.3 Å². The minimum atomic E-state index is -1.77. The lowest BCUT2D eigenvalue weighted by molar-refractivity contribution is -0.170. The number of fused-ring (bicyclic) bond motifs is 3. The molecule has 2 bridgehead atoms. The van der Waals surface area contributed by atoms with Gasteiger partial charge in [0.25, 0.3) is 0 Å². The van der Waals surface area contributed by atoms with Gasteiger partial charge in [-0.25, -0.2) is 0 Å². The van der Waals surface area contributed by atoms with Gasteiger partial charge in [-0.3, -0.25) is 9.59 Å². The van der Waals surface area contributed by atoms with E-state index in [0.717, 1.165) is 0 Å². The second kappa shape index (κ2) is 7.19. The number of methoxy groups -OCH3 is 1. The van der Waals surface area contributed by atoms with Crippen LogP contribution in [0.15, 0.2) is 53.8 Å². The quantitative estimate of drug-likeness (QED) is 0.311. The molecule has 29 heavy (non-hydrogen) atoms. The van der Waals surface area contributed by atoms with Crippen LogP contribution in [-0.4, -0.2) is 39.6 Å². The summed E-state index contributed by atoms with van der Waals surface area (Å²) in [6.45, 7) is 4.75. The number of carbonyl (C=O) groups excluding carboxylic acids is 2. The number of ether oxygens (including phenoxy) is 1. The van der Waals surface area contributed by atoms with Gasteiger partial charge in [0.05, 0.1) is 12.5 Å². The summed E-state index contributed by atoms with van der Waals surface area (Å²) in [5.74, 6) is -2.44. The highest BCUT2D eigenvalue weighted by atomic mass is 16.5. The third-order valence-corrected chi connectivity index (χ3v) is 6.28. The summed E-state index contributed by atoms with van der Waals surface area (Å²) in [5, 5.41) is 31.4. The number of benzene rings is 1. The van der Waals surface area contributed by atoms with Crippen molar-refractivity contribution in [3.05, 3.63) is 59.4 Å². The Morgan fingerprint density at radius 3 is 2.52 bits per heavy atom. The number of aliphatic hydroxyl groups excluding tert-OH is 1. The van der Waals surface area contributed by atoms with Crippen molar-refractivity contribution >= 4 is 11.6 Å². The minimum absolute atomic E-state index is 0.0423. The molecule has 3 aliphatic carbocycles. The van der Waals surface area contributed by atoms with Crippen LogP contribution in [0.25, 0.3) is 0 Å². The topological polar surface area (TPSA) is 104 Å². The first-order valence-corrected chi connectivity index (χ1v) is 9.52. The third-order valence-electron chi connectivity index (χ3n) is 6.28. The number of ketones is 2. The summed E-state index contributed by atoms with van der Waals surface area (Å²) in [6, 6.07) is 4.72. The number of rotatable bonds is 4. The second-order valence-corrected chi connectivity index (χ2v) is 7.96. The zero-order valence-electron chi connectivity index (χ0n) is 17.0. The smallest absolute Gasteiger partial charge is 0.178 e. The summed E-state index contributed by atoms with van der Waals surface area (Å²) >= 11 is 0. The lowest BCUT2D eigenvalue weighted by atomic mass is 9.46. The van der Waals surface area contributed by atoms with Crippen molar-refractivity contribution in [2.75, 3.05) is 7.11 Å². The largest absolute Gasteiger partial charge is 0.508 e. The van der Waals surface area contributed by atoms with Crippen LogP contribution in [0, 0.1) is 11.3 Å². The van der Waals surface area contributed by atoms with E-state index in [2.05, 4.69) is 0 Å². The molecule has 0 amide bonds. The lowest BCUT2D eigenvalue weighted by Crippen LogP contribution is -2.66. The van der Waals surface area contributed by atoms with Gasteiger partial charge in [0.1, 0.15) is 11.4 Å². The third kappa shape index (κ3) is 2.99. The van der Waals surface area contributed by atoms with E-state index in [1.54, 1.807) is 30.4 Å². The van der Waals surface area contributed by atoms with Gasteiger partial charge < -0.3 is 20.1 Å². The average Bonchev–Trinajstić information content (AvgIpc) is 2.68. The maximum absolute atomic E-state index is 13.4. The molecule has 0 aliphatic heterocycles. The van der Waals surface area contributed by atoms with E-state index < -0.39 is 34.4 Å². The average molecular weight is 398 g/mol. The molecule has 1 aromatic carbocycles. The number of phenolic OH excluding ortho intramolecular Hbond substituents is 1. The number of Topliss-reactive ketones (excluding diaryl/α,β-unsaturated/α-hetero) is 2. The second-order valence-electron chi connectivity index (χ2n) is 7.96.